The molecular weight excluding hydrogens is 392 g/mol. The van der Waals surface area contributed by atoms with Gasteiger partial charge in [0.15, 0.2) is 0 Å². The van der Waals surface area contributed by atoms with Crippen LogP contribution in [-0.4, -0.2) is 25.6 Å². The number of hydrogen-bond donors (Lipinski definition) is 0. The Hall–Kier alpha value is 1.52. The van der Waals surface area contributed by atoms with Gasteiger partial charge in [-0.15, -0.1) is 0 Å². The monoisotopic (exact) mass is 438 g/mol. The molecule has 21 heavy (non-hydrogen) atoms. The van der Waals surface area contributed by atoms with Gasteiger partial charge in [0, 0.05) is 0 Å². The van der Waals surface area contributed by atoms with Crippen molar-refractivity contribution in [2.45, 2.75) is 112 Å². The molecule has 0 aromatic carbocycles. The Labute approximate surface area is 142 Å². The van der Waals surface area contributed by atoms with E-state index in [0.717, 1.165) is 0 Å². The average Bonchev–Trinajstić information content (AvgIpc) is 2.40. The summed E-state index contributed by atoms with van der Waals surface area (Å²) in [5.74, 6) is 1.57. The number of rotatable bonds is 14. The van der Waals surface area contributed by atoms with Crippen molar-refractivity contribution in [2.24, 2.45) is 0 Å². The van der Waals surface area contributed by atoms with E-state index in [4.69, 9.17) is 0 Å². The van der Waals surface area contributed by atoms with Crippen molar-refractivity contribution in [3.63, 3.8) is 0 Å². The zero-order chi connectivity index (χ0) is 16.2. The van der Waals surface area contributed by atoms with Gasteiger partial charge in [0.1, 0.15) is 0 Å². The van der Waals surface area contributed by atoms with E-state index in [-0.39, 0.29) is 0 Å². The molecule has 0 atom stereocenters. The Morgan fingerprint density at radius 2 is 0.619 bits per heavy atom. The fourth-order valence-corrected chi connectivity index (χ4v) is 103. The van der Waals surface area contributed by atoms with Gasteiger partial charge in [-0.3, -0.25) is 0 Å². The topological polar surface area (TPSA) is 0 Å². The molecule has 0 heterocycles. The fourth-order valence-electron chi connectivity index (χ4n) is 4.56. The van der Waals surface area contributed by atoms with Gasteiger partial charge in [0.25, 0.3) is 0 Å². The third kappa shape index (κ3) is 8.25. The van der Waals surface area contributed by atoms with Crippen molar-refractivity contribution in [3.05, 3.63) is 0 Å². The van der Waals surface area contributed by atoms with Gasteiger partial charge in [-0.1, -0.05) is 0 Å². The third-order valence-electron chi connectivity index (χ3n) is 4.90. The quantitative estimate of drug-likeness (QED) is 0.191. The maximum atomic E-state index is 2.46. The molecule has 0 saturated carbocycles. The molecular formula is C18H43Ge2P. The van der Waals surface area contributed by atoms with Crippen LogP contribution in [-0.2, 0) is 0 Å². The van der Waals surface area contributed by atoms with Crippen LogP contribution in [0.1, 0.15) is 80.1 Å². The first kappa shape index (κ1) is 22.5. The second kappa shape index (κ2) is 12.9. The van der Waals surface area contributed by atoms with E-state index in [0.29, 0.717) is 0 Å². The predicted octanol–water partition coefficient (Wildman–Crippen LogP) is 8.02. The molecule has 0 aliphatic rings. The SMILES string of the molecule is CC[CH2][Ge]([CH2]CC)([CH2]CC)[PH][Ge]([CH2]CC)([CH2]CC)[CH2]CC. The second-order valence-electron chi connectivity index (χ2n) is 7.19. The first-order valence-corrected chi connectivity index (χ1v) is 26.1. The molecule has 0 aromatic heterocycles. The molecule has 0 bridgehead atoms. The van der Waals surface area contributed by atoms with Crippen LogP contribution in [0, 0.1) is 0 Å². The van der Waals surface area contributed by atoms with Crippen molar-refractivity contribution in [2.75, 3.05) is 0 Å². The molecule has 0 unspecified atom stereocenters. The summed E-state index contributed by atoms with van der Waals surface area (Å²) in [7, 11) is 0. The summed E-state index contributed by atoms with van der Waals surface area (Å²) in [5, 5.41) is 10.2. The van der Waals surface area contributed by atoms with Crippen LogP contribution in [0.2, 0.25) is 31.5 Å². The van der Waals surface area contributed by atoms with Crippen molar-refractivity contribution in [3.8, 4) is 0 Å². The molecule has 128 valence electrons. The van der Waals surface area contributed by atoms with Gasteiger partial charge >= 0.3 is 143 Å². The first-order valence-electron chi connectivity index (χ1n) is 9.86. The molecule has 0 N–H and O–H groups in total. The first-order chi connectivity index (χ1) is 10.1. The maximum absolute atomic E-state index is 2.46. The van der Waals surface area contributed by atoms with Crippen molar-refractivity contribution in [1.29, 1.82) is 0 Å². The molecule has 0 rings (SSSR count). The molecule has 0 fully saturated rings. The second-order valence-corrected chi connectivity index (χ2v) is 45.2. The van der Waals surface area contributed by atoms with E-state index >= 15 is 0 Å². The minimum atomic E-state index is -1.52. The molecule has 0 radical (unpaired) electrons. The van der Waals surface area contributed by atoms with Crippen LogP contribution < -0.4 is 0 Å². The molecule has 0 aromatic rings. The summed E-state index contributed by atoms with van der Waals surface area (Å²) in [5.41, 5.74) is 0. The Morgan fingerprint density at radius 1 is 0.429 bits per heavy atom. The Balaban J connectivity index is 5.30. The van der Waals surface area contributed by atoms with E-state index in [2.05, 4.69) is 41.5 Å². The van der Waals surface area contributed by atoms with Gasteiger partial charge in [-0.25, -0.2) is 0 Å². The van der Waals surface area contributed by atoms with Gasteiger partial charge in [-0.2, -0.15) is 0 Å². The summed E-state index contributed by atoms with van der Waals surface area (Å²) < 4.78 is 0. The average molecular weight is 436 g/mol. The number of hydrogen-bond acceptors (Lipinski definition) is 0. The van der Waals surface area contributed by atoms with Crippen LogP contribution in [0.15, 0.2) is 0 Å². The van der Waals surface area contributed by atoms with E-state index in [1.165, 1.54) is 38.5 Å². The minimum absolute atomic E-state index is 1.48. The van der Waals surface area contributed by atoms with E-state index in [1.807, 2.05) is 0 Å². The zero-order valence-corrected chi connectivity index (χ0v) is 21.2. The molecule has 0 nitrogen and oxygen atoms in total. The standard InChI is InChI=1S/C18H43Ge2P/c1-7-13-19(14-8-2,15-9-3)21-20(16-10-4,17-11-5)18-12-6/h21H,7-18H2,1-6H3. The fraction of sp³-hybridized carbons (Fsp3) is 1.00. The van der Waals surface area contributed by atoms with Gasteiger partial charge < -0.3 is 0 Å². The third-order valence-corrected chi connectivity index (χ3v) is 73.5. The molecule has 0 saturated heterocycles. The van der Waals surface area contributed by atoms with Crippen LogP contribution in [0.5, 0.6) is 0 Å². The summed E-state index contributed by atoms with van der Waals surface area (Å²) in [4.78, 5) is 0. The van der Waals surface area contributed by atoms with Crippen LogP contribution in [0.4, 0.5) is 0 Å². The Bertz CT molecular complexity index is 185. The normalized spacial score (nSPS) is 12.9. The Kier molecular flexibility index (Phi) is 13.8. The summed E-state index contributed by atoms with van der Waals surface area (Å²) >= 11 is -3.04. The van der Waals surface area contributed by atoms with Crippen LogP contribution in [0.3, 0.4) is 0 Å². The van der Waals surface area contributed by atoms with Crippen molar-refractivity contribution in [1.82, 2.24) is 0 Å². The zero-order valence-electron chi connectivity index (χ0n) is 16.0. The predicted molar refractivity (Wildman–Crippen MR) is 110 cm³/mol. The van der Waals surface area contributed by atoms with Crippen molar-refractivity contribution >= 4 is 31.4 Å². The van der Waals surface area contributed by atoms with E-state index < -0.39 is 25.6 Å². The van der Waals surface area contributed by atoms with Gasteiger partial charge in [0.05, 0.1) is 0 Å². The van der Waals surface area contributed by atoms with Crippen LogP contribution >= 0.6 is 5.80 Å². The molecule has 3 heteroatoms. The van der Waals surface area contributed by atoms with Crippen LogP contribution in [0.25, 0.3) is 0 Å². The van der Waals surface area contributed by atoms with E-state index in [9.17, 15) is 0 Å². The van der Waals surface area contributed by atoms with E-state index in [1.54, 1.807) is 37.3 Å². The summed E-state index contributed by atoms with van der Waals surface area (Å²) in [6.07, 6.45) is 8.89. The van der Waals surface area contributed by atoms with Crippen molar-refractivity contribution < 1.29 is 0 Å². The Morgan fingerprint density at radius 3 is 0.762 bits per heavy atom. The molecule has 0 amide bonds. The summed E-state index contributed by atoms with van der Waals surface area (Å²) in [6, 6.07) is 0. The molecule has 0 aliphatic carbocycles. The molecule has 0 spiro atoms. The van der Waals surface area contributed by atoms with Gasteiger partial charge in [0.2, 0.25) is 0 Å². The molecule has 0 aliphatic heterocycles. The van der Waals surface area contributed by atoms with Gasteiger partial charge in [-0.05, 0) is 0 Å². The summed E-state index contributed by atoms with van der Waals surface area (Å²) in [6.45, 7) is 14.8.